The summed E-state index contributed by atoms with van der Waals surface area (Å²) in [5.41, 5.74) is 2.51. The number of rotatable bonds is 7. The van der Waals surface area contributed by atoms with E-state index < -0.39 is 19.0 Å². The molecule has 2 rings (SSSR count). The average molecular weight is 360 g/mol. The lowest BCUT2D eigenvalue weighted by Gasteiger charge is -2.21. The van der Waals surface area contributed by atoms with Crippen LogP contribution in [0.15, 0.2) is 42.5 Å². The van der Waals surface area contributed by atoms with E-state index in [9.17, 15) is 14.5 Å². The minimum Gasteiger partial charge on any atom is -0.391 e. The SMILES string of the molecule is CCC(O)COP(=O)(C(=O)c1c(C)cc(C)cc1C)c1ccccc1. The zero-order chi connectivity index (χ0) is 18.6. The molecule has 0 bridgehead atoms. The maximum absolute atomic E-state index is 13.6. The first-order valence-corrected chi connectivity index (χ1v) is 10.0. The molecule has 0 heterocycles. The molecule has 2 atom stereocenters. The molecule has 0 aromatic heterocycles. The Morgan fingerprint density at radius 1 is 1.12 bits per heavy atom. The Morgan fingerprint density at radius 2 is 1.68 bits per heavy atom. The van der Waals surface area contributed by atoms with Crippen molar-refractivity contribution in [1.29, 1.82) is 0 Å². The molecule has 0 saturated heterocycles. The number of aliphatic hydroxyl groups is 1. The molecule has 25 heavy (non-hydrogen) atoms. The highest BCUT2D eigenvalue weighted by Gasteiger charge is 2.38. The summed E-state index contributed by atoms with van der Waals surface area (Å²) in [4.78, 5) is 13.3. The van der Waals surface area contributed by atoms with E-state index in [-0.39, 0.29) is 6.61 Å². The fourth-order valence-electron chi connectivity index (χ4n) is 2.85. The normalized spacial score (nSPS) is 14.8. The van der Waals surface area contributed by atoms with E-state index in [1.165, 1.54) is 0 Å². The van der Waals surface area contributed by atoms with Gasteiger partial charge in [-0.3, -0.25) is 9.36 Å². The molecule has 0 spiro atoms. The molecule has 134 valence electrons. The molecule has 0 radical (unpaired) electrons. The van der Waals surface area contributed by atoms with Gasteiger partial charge in [-0.05, 0) is 50.5 Å². The van der Waals surface area contributed by atoms with Gasteiger partial charge in [0.1, 0.15) is 0 Å². The molecule has 4 nitrogen and oxygen atoms in total. The number of hydrogen-bond donors (Lipinski definition) is 1. The van der Waals surface area contributed by atoms with Gasteiger partial charge in [-0.2, -0.15) is 0 Å². The lowest BCUT2D eigenvalue weighted by Crippen LogP contribution is -2.21. The zero-order valence-electron chi connectivity index (χ0n) is 15.2. The summed E-state index contributed by atoms with van der Waals surface area (Å²) < 4.78 is 19.2. The van der Waals surface area contributed by atoms with Gasteiger partial charge in [0.05, 0.1) is 12.7 Å². The van der Waals surface area contributed by atoms with E-state index in [4.69, 9.17) is 4.52 Å². The summed E-state index contributed by atoms with van der Waals surface area (Å²) in [5.74, 6) is 0. The monoisotopic (exact) mass is 360 g/mol. The largest absolute Gasteiger partial charge is 0.391 e. The van der Waals surface area contributed by atoms with Crippen molar-refractivity contribution in [1.82, 2.24) is 0 Å². The van der Waals surface area contributed by atoms with Gasteiger partial charge >= 0.3 is 7.37 Å². The molecule has 5 heteroatoms. The Bertz CT molecular complexity index is 776. The summed E-state index contributed by atoms with van der Waals surface area (Å²) in [6.07, 6.45) is -0.295. The maximum Gasteiger partial charge on any atom is 0.300 e. The van der Waals surface area contributed by atoms with Crippen LogP contribution in [0.3, 0.4) is 0 Å². The number of aliphatic hydroxyl groups excluding tert-OH is 1. The summed E-state index contributed by atoms with van der Waals surface area (Å²) >= 11 is 0. The first-order chi connectivity index (χ1) is 11.8. The first-order valence-electron chi connectivity index (χ1n) is 8.40. The van der Waals surface area contributed by atoms with Gasteiger partial charge in [0.2, 0.25) is 0 Å². The second-order valence-electron chi connectivity index (χ2n) is 6.32. The van der Waals surface area contributed by atoms with Gasteiger partial charge in [-0.15, -0.1) is 0 Å². The third-order valence-electron chi connectivity index (χ3n) is 4.17. The highest BCUT2D eigenvalue weighted by atomic mass is 31.2. The van der Waals surface area contributed by atoms with Crippen LogP contribution in [0.4, 0.5) is 0 Å². The van der Waals surface area contributed by atoms with Crippen molar-refractivity contribution in [2.24, 2.45) is 0 Å². The van der Waals surface area contributed by atoms with E-state index in [0.717, 1.165) is 16.7 Å². The standard InChI is InChI=1S/C20H25O4P/c1-5-17(21)13-24-25(23,18-9-7-6-8-10-18)20(22)19-15(3)11-14(2)12-16(19)4/h6-12,17,21H,5,13H2,1-4H3. The van der Waals surface area contributed by atoms with Crippen LogP contribution in [0.5, 0.6) is 0 Å². The fourth-order valence-corrected chi connectivity index (χ4v) is 4.94. The molecule has 2 aromatic rings. The zero-order valence-corrected chi connectivity index (χ0v) is 16.0. The van der Waals surface area contributed by atoms with E-state index in [1.807, 2.05) is 32.9 Å². The molecular formula is C20H25O4P. The number of hydrogen-bond acceptors (Lipinski definition) is 4. The smallest absolute Gasteiger partial charge is 0.300 e. The summed E-state index contributed by atoms with van der Waals surface area (Å²) in [6.45, 7) is 7.29. The van der Waals surface area contributed by atoms with Crippen LogP contribution in [0.25, 0.3) is 0 Å². The van der Waals surface area contributed by atoms with Gasteiger partial charge in [0.25, 0.3) is 5.52 Å². The molecule has 0 aliphatic rings. The van der Waals surface area contributed by atoms with E-state index in [2.05, 4.69) is 0 Å². The van der Waals surface area contributed by atoms with Crippen molar-refractivity contribution in [2.45, 2.75) is 40.2 Å². The summed E-state index contributed by atoms with van der Waals surface area (Å²) in [6, 6.07) is 12.3. The quantitative estimate of drug-likeness (QED) is 0.754. The van der Waals surface area contributed by atoms with E-state index in [1.54, 1.807) is 37.3 Å². The van der Waals surface area contributed by atoms with E-state index >= 15 is 0 Å². The van der Waals surface area contributed by atoms with E-state index in [0.29, 0.717) is 17.3 Å². The fraction of sp³-hybridized carbons (Fsp3) is 0.350. The summed E-state index contributed by atoms with van der Waals surface area (Å²) in [7, 11) is -3.82. The van der Waals surface area contributed by atoms with Crippen LogP contribution >= 0.6 is 7.37 Å². The van der Waals surface area contributed by atoms with Crippen molar-refractivity contribution >= 4 is 18.2 Å². The van der Waals surface area contributed by atoms with Crippen LogP contribution < -0.4 is 5.30 Å². The molecule has 2 unspecified atom stereocenters. The molecule has 0 saturated carbocycles. The van der Waals surface area contributed by atoms with Crippen LogP contribution in [0, 0.1) is 20.8 Å². The predicted molar refractivity (Wildman–Crippen MR) is 101 cm³/mol. The number of carbonyl (C=O) groups excluding carboxylic acids is 1. The second kappa shape index (κ2) is 8.09. The average Bonchev–Trinajstić information content (AvgIpc) is 2.59. The Morgan fingerprint density at radius 3 is 2.20 bits per heavy atom. The van der Waals surface area contributed by atoms with Crippen molar-refractivity contribution in [2.75, 3.05) is 6.61 Å². The summed E-state index contributed by atoms with van der Waals surface area (Å²) in [5, 5.41) is 10.2. The Labute approximate surface area is 149 Å². The highest BCUT2D eigenvalue weighted by molar-refractivity contribution is 7.83. The molecule has 0 amide bonds. The highest BCUT2D eigenvalue weighted by Crippen LogP contribution is 2.50. The van der Waals surface area contributed by atoms with Crippen LogP contribution in [0.2, 0.25) is 0 Å². The van der Waals surface area contributed by atoms with Crippen molar-refractivity contribution in [3.63, 3.8) is 0 Å². The van der Waals surface area contributed by atoms with Crippen molar-refractivity contribution < 1.29 is 19.0 Å². The predicted octanol–water partition coefficient (Wildman–Crippen LogP) is 4.14. The lowest BCUT2D eigenvalue weighted by molar-refractivity contribution is 0.0956. The Balaban J connectivity index is 2.53. The molecular weight excluding hydrogens is 335 g/mol. The molecule has 0 aliphatic heterocycles. The molecule has 0 aliphatic carbocycles. The van der Waals surface area contributed by atoms with Gasteiger partial charge < -0.3 is 9.63 Å². The third kappa shape index (κ3) is 4.27. The number of aryl methyl sites for hydroxylation is 3. The minimum atomic E-state index is -3.82. The van der Waals surface area contributed by atoms with Crippen LogP contribution in [0.1, 0.15) is 40.4 Å². The molecule has 2 aromatic carbocycles. The second-order valence-corrected chi connectivity index (χ2v) is 8.61. The maximum atomic E-state index is 13.6. The first kappa shape index (κ1) is 19.6. The molecule has 1 N–H and O–H groups in total. The molecule has 0 fully saturated rings. The minimum absolute atomic E-state index is 0.141. The third-order valence-corrected chi connectivity index (χ3v) is 6.42. The van der Waals surface area contributed by atoms with Crippen molar-refractivity contribution in [3.8, 4) is 0 Å². The topological polar surface area (TPSA) is 63.6 Å². The van der Waals surface area contributed by atoms with Crippen LogP contribution in [-0.2, 0) is 9.09 Å². The van der Waals surface area contributed by atoms with Crippen LogP contribution in [-0.4, -0.2) is 23.3 Å². The Kier molecular flexibility index (Phi) is 6.34. The Hall–Kier alpha value is -1.74. The van der Waals surface area contributed by atoms with Gasteiger partial charge in [0, 0.05) is 10.9 Å². The number of benzene rings is 2. The van der Waals surface area contributed by atoms with Gasteiger partial charge in [0.15, 0.2) is 0 Å². The number of carbonyl (C=O) groups is 1. The van der Waals surface area contributed by atoms with Crippen molar-refractivity contribution in [3.05, 3.63) is 64.7 Å². The van der Waals surface area contributed by atoms with Gasteiger partial charge in [-0.25, -0.2) is 0 Å². The lowest BCUT2D eigenvalue weighted by atomic mass is 10.0. The van der Waals surface area contributed by atoms with Gasteiger partial charge in [-0.1, -0.05) is 42.8 Å².